The SMILES string of the molecule is C=C[C@H]1CC[C@@H](OC(=O)NC23CCC2CC3)[C@@H]1F. The standard InChI is InChI=1S/C14H20FNO2/c1-2-9-3-4-11(12(9)15)18-13(17)16-14-7-5-10(14)6-8-14/h2,9-12H,1,3-8H2,(H,16,17)/t9-,10?,11+,12+,14?/m0/s1. The Labute approximate surface area is 107 Å². The number of hydrogen-bond donors (Lipinski definition) is 1. The number of nitrogens with one attached hydrogen (secondary N) is 1. The van der Waals surface area contributed by atoms with Crippen LogP contribution in [0.2, 0.25) is 0 Å². The molecule has 0 radical (unpaired) electrons. The molecule has 3 nitrogen and oxygen atoms in total. The number of allylic oxidation sites excluding steroid dienone is 1. The summed E-state index contributed by atoms with van der Waals surface area (Å²) in [6, 6.07) is 0. The minimum Gasteiger partial charge on any atom is -0.443 e. The van der Waals surface area contributed by atoms with Crippen molar-refractivity contribution in [1.29, 1.82) is 0 Å². The maximum absolute atomic E-state index is 13.9. The van der Waals surface area contributed by atoms with E-state index < -0.39 is 18.4 Å². The number of amides is 1. The molecule has 0 aromatic rings. The van der Waals surface area contributed by atoms with Crippen LogP contribution in [0.3, 0.4) is 0 Å². The molecule has 0 aliphatic heterocycles. The predicted octanol–water partition coefficient (Wildman–Crippen LogP) is 2.96. The number of carbonyl (C=O) groups is 1. The lowest BCUT2D eigenvalue weighted by Crippen LogP contribution is -2.66. The first kappa shape index (κ1) is 12.0. The van der Waals surface area contributed by atoms with Gasteiger partial charge in [0, 0.05) is 11.5 Å². The van der Waals surface area contributed by atoms with E-state index in [1.54, 1.807) is 6.08 Å². The van der Waals surface area contributed by atoms with Crippen molar-refractivity contribution < 1.29 is 13.9 Å². The van der Waals surface area contributed by atoms with Crippen molar-refractivity contribution in [3.63, 3.8) is 0 Å². The molecule has 0 heterocycles. The zero-order valence-corrected chi connectivity index (χ0v) is 10.5. The molecule has 3 atom stereocenters. The zero-order valence-electron chi connectivity index (χ0n) is 10.5. The van der Waals surface area contributed by atoms with E-state index in [2.05, 4.69) is 11.9 Å². The summed E-state index contributed by atoms with van der Waals surface area (Å²) in [6.07, 6.45) is 5.32. The highest BCUT2D eigenvalue weighted by molar-refractivity contribution is 5.69. The van der Waals surface area contributed by atoms with E-state index in [0.717, 1.165) is 19.3 Å². The molecule has 0 bridgehead atoms. The summed E-state index contributed by atoms with van der Waals surface area (Å²) in [6.45, 7) is 3.61. The van der Waals surface area contributed by atoms with Crippen LogP contribution in [0.1, 0.15) is 38.5 Å². The van der Waals surface area contributed by atoms with Crippen molar-refractivity contribution in [3.8, 4) is 0 Å². The molecule has 4 heteroatoms. The number of hydrogen-bond acceptors (Lipinski definition) is 2. The molecule has 3 aliphatic carbocycles. The summed E-state index contributed by atoms with van der Waals surface area (Å²) in [4.78, 5) is 11.8. The van der Waals surface area contributed by atoms with Crippen molar-refractivity contribution in [2.75, 3.05) is 0 Å². The summed E-state index contributed by atoms with van der Waals surface area (Å²) >= 11 is 0. The molecule has 3 rings (SSSR count). The Kier molecular flexibility index (Phi) is 2.83. The lowest BCUT2D eigenvalue weighted by molar-refractivity contribution is -0.0281. The predicted molar refractivity (Wildman–Crippen MR) is 65.9 cm³/mol. The van der Waals surface area contributed by atoms with Crippen molar-refractivity contribution in [2.24, 2.45) is 11.8 Å². The average Bonchev–Trinajstić information content (AvgIpc) is 2.69. The van der Waals surface area contributed by atoms with Crippen molar-refractivity contribution in [3.05, 3.63) is 12.7 Å². The van der Waals surface area contributed by atoms with Crippen LogP contribution in [0.15, 0.2) is 12.7 Å². The fourth-order valence-electron chi connectivity index (χ4n) is 3.58. The van der Waals surface area contributed by atoms with Gasteiger partial charge in [-0.25, -0.2) is 9.18 Å². The Morgan fingerprint density at radius 1 is 1.33 bits per heavy atom. The maximum Gasteiger partial charge on any atom is 0.407 e. The molecular formula is C14H20FNO2. The largest absolute Gasteiger partial charge is 0.443 e. The molecule has 3 saturated carbocycles. The summed E-state index contributed by atoms with van der Waals surface area (Å²) in [5.74, 6) is 0.469. The van der Waals surface area contributed by atoms with Gasteiger partial charge in [-0.1, -0.05) is 6.08 Å². The second-order valence-corrected chi connectivity index (χ2v) is 5.92. The molecule has 0 unspecified atom stereocenters. The number of ether oxygens (including phenoxy) is 1. The molecular weight excluding hydrogens is 233 g/mol. The van der Waals surface area contributed by atoms with Gasteiger partial charge in [0.2, 0.25) is 0 Å². The topological polar surface area (TPSA) is 38.3 Å². The number of alkyl halides is 1. The summed E-state index contributed by atoms with van der Waals surface area (Å²) in [5, 5.41) is 2.96. The highest BCUT2D eigenvalue weighted by atomic mass is 19.1. The van der Waals surface area contributed by atoms with Crippen LogP contribution in [0, 0.1) is 11.8 Å². The molecule has 1 amide bonds. The van der Waals surface area contributed by atoms with E-state index in [-0.39, 0.29) is 11.5 Å². The van der Waals surface area contributed by atoms with E-state index in [4.69, 9.17) is 4.74 Å². The quantitative estimate of drug-likeness (QED) is 0.785. The van der Waals surface area contributed by atoms with Crippen LogP contribution in [0.4, 0.5) is 9.18 Å². The maximum atomic E-state index is 13.9. The van der Waals surface area contributed by atoms with E-state index in [9.17, 15) is 9.18 Å². The lowest BCUT2D eigenvalue weighted by Gasteiger charge is -2.58. The van der Waals surface area contributed by atoms with Crippen LogP contribution >= 0.6 is 0 Å². The molecule has 3 fully saturated rings. The molecule has 0 spiro atoms. The Morgan fingerprint density at radius 2 is 2.06 bits per heavy atom. The molecule has 0 aromatic carbocycles. The van der Waals surface area contributed by atoms with Crippen LogP contribution in [-0.2, 0) is 4.74 Å². The number of halogens is 1. The summed E-state index contributed by atoms with van der Waals surface area (Å²) < 4.78 is 19.1. The minimum atomic E-state index is -1.09. The molecule has 3 aliphatic rings. The fourth-order valence-corrected chi connectivity index (χ4v) is 3.58. The first-order valence-corrected chi connectivity index (χ1v) is 6.90. The number of alkyl carbamates (subject to hydrolysis) is 1. The number of rotatable bonds is 3. The van der Waals surface area contributed by atoms with E-state index in [1.165, 1.54) is 12.8 Å². The summed E-state index contributed by atoms with van der Waals surface area (Å²) in [7, 11) is 0. The van der Waals surface area contributed by atoms with Gasteiger partial charge >= 0.3 is 6.09 Å². The Morgan fingerprint density at radius 3 is 2.50 bits per heavy atom. The third-order valence-corrected chi connectivity index (χ3v) is 5.12. The van der Waals surface area contributed by atoms with Crippen LogP contribution in [-0.4, -0.2) is 23.9 Å². The van der Waals surface area contributed by atoms with Gasteiger partial charge in [-0.3, -0.25) is 0 Å². The molecule has 0 saturated heterocycles. The summed E-state index contributed by atoms with van der Waals surface area (Å²) in [5.41, 5.74) is -0.000659. The second kappa shape index (κ2) is 4.25. The Bertz CT molecular complexity index is 363. The van der Waals surface area contributed by atoms with Gasteiger partial charge < -0.3 is 10.1 Å². The van der Waals surface area contributed by atoms with Gasteiger partial charge in [0.05, 0.1) is 0 Å². The van der Waals surface area contributed by atoms with Gasteiger partial charge in [0.25, 0.3) is 0 Å². The second-order valence-electron chi connectivity index (χ2n) is 5.92. The van der Waals surface area contributed by atoms with Gasteiger partial charge in [0.1, 0.15) is 12.3 Å². The van der Waals surface area contributed by atoms with Crippen molar-refractivity contribution >= 4 is 6.09 Å². The van der Waals surface area contributed by atoms with E-state index in [0.29, 0.717) is 12.3 Å². The fraction of sp³-hybridized carbons (Fsp3) is 0.786. The third-order valence-electron chi connectivity index (χ3n) is 5.12. The first-order valence-electron chi connectivity index (χ1n) is 6.90. The smallest absolute Gasteiger partial charge is 0.407 e. The van der Waals surface area contributed by atoms with Crippen LogP contribution in [0.5, 0.6) is 0 Å². The van der Waals surface area contributed by atoms with Crippen LogP contribution < -0.4 is 5.32 Å². The van der Waals surface area contributed by atoms with Crippen molar-refractivity contribution in [2.45, 2.75) is 56.3 Å². The van der Waals surface area contributed by atoms with Crippen LogP contribution in [0.25, 0.3) is 0 Å². The molecule has 1 N–H and O–H groups in total. The molecule has 18 heavy (non-hydrogen) atoms. The zero-order chi connectivity index (χ0) is 12.8. The van der Waals surface area contributed by atoms with Gasteiger partial charge in [-0.15, -0.1) is 6.58 Å². The Balaban J connectivity index is 1.51. The molecule has 100 valence electrons. The minimum absolute atomic E-state index is 0.000659. The number of fused-ring (bicyclic) bond motifs is 1. The monoisotopic (exact) mass is 253 g/mol. The van der Waals surface area contributed by atoms with Gasteiger partial charge in [0.15, 0.2) is 0 Å². The van der Waals surface area contributed by atoms with Gasteiger partial charge in [-0.05, 0) is 44.4 Å². The number of carbonyl (C=O) groups excluding carboxylic acids is 1. The van der Waals surface area contributed by atoms with E-state index in [1.807, 2.05) is 0 Å². The lowest BCUT2D eigenvalue weighted by atomic mass is 9.53. The average molecular weight is 253 g/mol. The third kappa shape index (κ3) is 1.73. The highest BCUT2D eigenvalue weighted by Crippen LogP contribution is 2.53. The normalized spacial score (nSPS) is 45.4. The highest BCUT2D eigenvalue weighted by Gasteiger charge is 2.55. The van der Waals surface area contributed by atoms with Crippen molar-refractivity contribution in [1.82, 2.24) is 5.32 Å². The Hall–Kier alpha value is -1.06. The van der Waals surface area contributed by atoms with E-state index >= 15 is 0 Å². The van der Waals surface area contributed by atoms with Gasteiger partial charge in [-0.2, -0.15) is 0 Å². The first-order chi connectivity index (χ1) is 8.64. The molecule has 0 aromatic heterocycles.